The second kappa shape index (κ2) is 6.31. The molecule has 19 heavy (non-hydrogen) atoms. The Balaban J connectivity index is 2.07. The minimum atomic E-state index is -0.469. The van der Waals surface area contributed by atoms with Crippen molar-refractivity contribution >= 4 is 18.2 Å². The van der Waals surface area contributed by atoms with Crippen LogP contribution < -0.4 is 0 Å². The summed E-state index contributed by atoms with van der Waals surface area (Å²) in [5.74, 6) is 0. The Labute approximate surface area is 111 Å². The fourth-order valence-corrected chi connectivity index (χ4v) is 1.62. The van der Waals surface area contributed by atoms with E-state index in [2.05, 4.69) is 0 Å². The summed E-state index contributed by atoms with van der Waals surface area (Å²) in [7, 11) is 0. The lowest BCUT2D eigenvalue weighted by Gasteiger charge is -1.96. The van der Waals surface area contributed by atoms with Gasteiger partial charge in [0.25, 0.3) is 0 Å². The summed E-state index contributed by atoms with van der Waals surface area (Å²) in [6.45, 7) is 0. The van der Waals surface area contributed by atoms with Crippen molar-refractivity contribution in [3.05, 3.63) is 87.6 Å². The summed E-state index contributed by atoms with van der Waals surface area (Å²) >= 11 is 0. The van der Waals surface area contributed by atoms with E-state index >= 15 is 0 Å². The number of nitro groups is 1. The van der Waals surface area contributed by atoms with Crippen LogP contribution in [0.1, 0.15) is 16.7 Å². The summed E-state index contributed by atoms with van der Waals surface area (Å²) in [5, 5.41) is 10.2. The standard InChI is InChI=1S/C16H13NO2/c18-17(19)13-12-16-10-8-15(9-11-16)7-6-14-4-2-1-3-5-14/h1-13H. The minimum Gasteiger partial charge on any atom is -0.259 e. The molecule has 0 aromatic heterocycles. The van der Waals surface area contributed by atoms with Gasteiger partial charge in [0.2, 0.25) is 6.20 Å². The maximum absolute atomic E-state index is 10.2. The van der Waals surface area contributed by atoms with Crippen molar-refractivity contribution in [3.8, 4) is 0 Å². The lowest BCUT2D eigenvalue weighted by Crippen LogP contribution is -1.82. The molecule has 3 nitrogen and oxygen atoms in total. The Kier molecular flexibility index (Phi) is 4.24. The van der Waals surface area contributed by atoms with E-state index < -0.39 is 4.92 Å². The van der Waals surface area contributed by atoms with E-state index in [1.54, 1.807) is 0 Å². The zero-order valence-corrected chi connectivity index (χ0v) is 10.3. The topological polar surface area (TPSA) is 43.1 Å². The normalized spacial score (nSPS) is 11.2. The van der Waals surface area contributed by atoms with Gasteiger partial charge in [-0.25, -0.2) is 0 Å². The summed E-state index contributed by atoms with van der Waals surface area (Å²) in [6, 6.07) is 17.6. The number of benzene rings is 2. The van der Waals surface area contributed by atoms with Gasteiger partial charge >= 0.3 is 0 Å². The smallest absolute Gasteiger partial charge is 0.235 e. The molecule has 0 heterocycles. The van der Waals surface area contributed by atoms with Crippen molar-refractivity contribution in [2.75, 3.05) is 0 Å². The first kappa shape index (κ1) is 12.8. The van der Waals surface area contributed by atoms with Gasteiger partial charge < -0.3 is 0 Å². The van der Waals surface area contributed by atoms with E-state index in [0.717, 1.165) is 22.9 Å². The third-order valence-corrected chi connectivity index (χ3v) is 2.59. The molecule has 0 N–H and O–H groups in total. The van der Waals surface area contributed by atoms with Gasteiger partial charge in [-0.1, -0.05) is 66.7 Å². The molecule has 2 aromatic rings. The lowest BCUT2D eigenvalue weighted by atomic mass is 10.1. The molecule has 0 radical (unpaired) electrons. The largest absolute Gasteiger partial charge is 0.259 e. The maximum Gasteiger partial charge on any atom is 0.235 e. The van der Waals surface area contributed by atoms with E-state index in [4.69, 9.17) is 0 Å². The van der Waals surface area contributed by atoms with Crippen LogP contribution in [0.15, 0.2) is 60.8 Å². The van der Waals surface area contributed by atoms with Crippen molar-refractivity contribution in [3.63, 3.8) is 0 Å². The molecule has 0 aliphatic heterocycles. The van der Waals surface area contributed by atoms with E-state index in [0.29, 0.717) is 0 Å². The quantitative estimate of drug-likeness (QED) is 0.466. The third-order valence-electron chi connectivity index (χ3n) is 2.59. The molecular weight excluding hydrogens is 238 g/mol. The minimum absolute atomic E-state index is 0.469. The molecule has 0 saturated heterocycles. The van der Waals surface area contributed by atoms with Crippen molar-refractivity contribution < 1.29 is 4.92 Å². The van der Waals surface area contributed by atoms with E-state index in [-0.39, 0.29) is 0 Å². The van der Waals surface area contributed by atoms with Gasteiger partial charge in [0.15, 0.2) is 0 Å². The Morgan fingerprint density at radius 3 is 1.74 bits per heavy atom. The van der Waals surface area contributed by atoms with Crippen LogP contribution >= 0.6 is 0 Å². The van der Waals surface area contributed by atoms with E-state index in [9.17, 15) is 10.1 Å². The first-order chi connectivity index (χ1) is 9.24. The molecule has 0 atom stereocenters. The zero-order valence-electron chi connectivity index (χ0n) is 10.3. The Morgan fingerprint density at radius 1 is 0.737 bits per heavy atom. The molecule has 94 valence electrons. The molecule has 0 aliphatic rings. The SMILES string of the molecule is O=[N+]([O-])C=Cc1ccc(C=Cc2ccccc2)cc1. The van der Waals surface area contributed by atoms with Crippen LogP contribution in [0.4, 0.5) is 0 Å². The summed E-state index contributed by atoms with van der Waals surface area (Å²) in [6.07, 6.45) is 6.46. The Hall–Kier alpha value is -2.68. The molecule has 2 rings (SSSR count). The molecule has 3 heteroatoms. The predicted octanol–water partition coefficient (Wildman–Crippen LogP) is 4.10. The van der Waals surface area contributed by atoms with Gasteiger partial charge in [-0.2, -0.15) is 0 Å². The van der Waals surface area contributed by atoms with Gasteiger partial charge in [0.1, 0.15) is 0 Å². The first-order valence-electron chi connectivity index (χ1n) is 5.89. The highest BCUT2D eigenvalue weighted by molar-refractivity contribution is 5.70. The Bertz CT molecular complexity index is 598. The van der Waals surface area contributed by atoms with Crippen LogP contribution in [-0.2, 0) is 0 Å². The summed E-state index contributed by atoms with van der Waals surface area (Å²) in [5.41, 5.74) is 3.01. The Morgan fingerprint density at radius 2 is 1.21 bits per heavy atom. The molecule has 2 aromatic carbocycles. The van der Waals surface area contributed by atoms with Crippen molar-refractivity contribution in [2.45, 2.75) is 0 Å². The number of hydrogen-bond acceptors (Lipinski definition) is 2. The highest BCUT2D eigenvalue weighted by atomic mass is 16.6. The van der Waals surface area contributed by atoms with Gasteiger partial charge in [0.05, 0.1) is 4.92 Å². The van der Waals surface area contributed by atoms with Gasteiger partial charge in [0, 0.05) is 6.08 Å². The fraction of sp³-hybridized carbons (Fsp3) is 0. The van der Waals surface area contributed by atoms with Crippen LogP contribution in [-0.4, -0.2) is 4.92 Å². The van der Waals surface area contributed by atoms with Crippen LogP contribution in [0.3, 0.4) is 0 Å². The summed E-state index contributed by atoms with van der Waals surface area (Å²) in [4.78, 5) is 9.74. The van der Waals surface area contributed by atoms with Crippen LogP contribution in [0.2, 0.25) is 0 Å². The number of rotatable bonds is 4. The van der Waals surface area contributed by atoms with E-state index in [1.807, 2.05) is 66.7 Å². The second-order valence-corrected chi connectivity index (χ2v) is 4.01. The highest BCUT2D eigenvalue weighted by Gasteiger charge is 1.91. The van der Waals surface area contributed by atoms with Crippen molar-refractivity contribution in [2.24, 2.45) is 0 Å². The van der Waals surface area contributed by atoms with Crippen molar-refractivity contribution in [1.82, 2.24) is 0 Å². The zero-order chi connectivity index (χ0) is 13.5. The van der Waals surface area contributed by atoms with Gasteiger partial charge in [-0.15, -0.1) is 0 Å². The van der Waals surface area contributed by atoms with Gasteiger partial charge in [-0.05, 0) is 16.7 Å². The molecule has 0 unspecified atom stereocenters. The number of hydrogen-bond donors (Lipinski definition) is 0. The van der Waals surface area contributed by atoms with E-state index in [1.165, 1.54) is 6.08 Å². The van der Waals surface area contributed by atoms with Crippen LogP contribution in [0.5, 0.6) is 0 Å². The molecule has 0 bridgehead atoms. The highest BCUT2D eigenvalue weighted by Crippen LogP contribution is 2.10. The average molecular weight is 251 g/mol. The predicted molar refractivity (Wildman–Crippen MR) is 77.8 cm³/mol. The van der Waals surface area contributed by atoms with Crippen molar-refractivity contribution in [1.29, 1.82) is 0 Å². The molecule has 0 fully saturated rings. The number of nitrogens with zero attached hydrogens (tertiary/aromatic N) is 1. The molecule has 0 spiro atoms. The molecule has 0 aliphatic carbocycles. The molecule has 0 amide bonds. The maximum atomic E-state index is 10.2. The second-order valence-electron chi connectivity index (χ2n) is 4.01. The fourth-order valence-electron chi connectivity index (χ4n) is 1.62. The lowest BCUT2D eigenvalue weighted by molar-refractivity contribution is -0.400. The third kappa shape index (κ3) is 4.24. The average Bonchev–Trinajstić information content (AvgIpc) is 2.45. The first-order valence-corrected chi connectivity index (χ1v) is 5.89. The van der Waals surface area contributed by atoms with Crippen LogP contribution in [0, 0.1) is 10.1 Å². The molecule has 0 saturated carbocycles. The summed E-state index contributed by atoms with van der Waals surface area (Å²) < 4.78 is 0. The van der Waals surface area contributed by atoms with Crippen LogP contribution in [0.25, 0.3) is 18.2 Å². The molecular formula is C16H13NO2. The monoisotopic (exact) mass is 251 g/mol. The van der Waals surface area contributed by atoms with Gasteiger partial charge in [-0.3, -0.25) is 10.1 Å².